The molecular formula is C32H64O2Si. The van der Waals surface area contributed by atoms with Gasteiger partial charge in [-0.25, -0.2) is 4.79 Å². The third kappa shape index (κ3) is 21.2. The quantitative estimate of drug-likeness (QED) is 0.0626. The number of carbonyl (C=O) groups is 1. The molecule has 0 unspecified atom stereocenters. The molecule has 0 N–H and O–H groups in total. The molecule has 0 bridgehead atoms. The highest BCUT2D eigenvalue weighted by Crippen LogP contribution is 2.31. The second kappa shape index (κ2) is 25.1. The molecule has 0 aromatic heterocycles. The van der Waals surface area contributed by atoms with E-state index in [9.17, 15) is 4.79 Å². The van der Waals surface area contributed by atoms with Gasteiger partial charge in [-0.3, -0.25) is 0 Å². The van der Waals surface area contributed by atoms with Gasteiger partial charge in [-0.15, -0.1) is 0 Å². The lowest BCUT2D eigenvalue weighted by Crippen LogP contribution is -2.40. The van der Waals surface area contributed by atoms with Crippen LogP contribution in [0, 0.1) is 0 Å². The van der Waals surface area contributed by atoms with Gasteiger partial charge >= 0.3 is 5.97 Å². The van der Waals surface area contributed by atoms with Crippen molar-refractivity contribution in [2.45, 2.75) is 187 Å². The van der Waals surface area contributed by atoms with Gasteiger partial charge in [0, 0.05) is 5.57 Å². The largest absolute Gasteiger partial charge is 0.516 e. The normalized spacial score (nSPS) is 11.7. The maximum absolute atomic E-state index is 12.6. The molecule has 0 aliphatic heterocycles. The molecule has 0 saturated carbocycles. The Hall–Kier alpha value is -0.573. The zero-order valence-corrected chi connectivity index (χ0v) is 25.7. The van der Waals surface area contributed by atoms with Gasteiger partial charge in [0.15, 0.2) is 0 Å². The fraction of sp³-hybridized carbons (Fsp3) is 0.906. The molecule has 0 heterocycles. The van der Waals surface area contributed by atoms with E-state index in [2.05, 4.69) is 27.4 Å². The summed E-state index contributed by atoms with van der Waals surface area (Å²) in [5.41, 5.74) is 0.574. The van der Waals surface area contributed by atoms with E-state index in [1.54, 1.807) is 0 Å². The summed E-state index contributed by atoms with van der Waals surface area (Å²) >= 11 is 0. The SMILES string of the molecule is C=C(C)C(=O)O[Si](CCCC)(CCCCCCCCCCCC)CCCCCCCCCCCC. The predicted octanol–water partition coefficient (Wildman–Crippen LogP) is 11.7. The molecule has 0 aromatic carbocycles. The number of unbranched alkanes of at least 4 members (excludes halogenated alkanes) is 19. The van der Waals surface area contributed by atoms with E-state index < -0.39 is 8.32 Å². The van der Waals surface area contributed by atoms with E-state index in [-0.39, 0.29) is 5.97 Å². The first-order chi connectivity index (χ1) is 17.0. The van der Waals surface area contributed by atoms with Crippen molar-refractivity contribution in [2.24, 2.45) is 0 Å². The van der Waals surface area contributed by atoms with Crippen molar-refractivity contribution in [2.75, 3.05) is 0 Å². The van der Waals surface area contributed by atoms with Crippen molar-refractivity contribution in [3.05, 3.63) is 12.2 Å². The molecule has 0 fully saturated rings. The molecule has 0 atom stereocenters. The molecule has 0 aliphatic rings. The fourth-order valence-corrected chi connectivity index (χ4v) is 9.59. The van der Waals surface area contributed by atoms with Crippen LogP contribution in [0.5, 0.6) is 0 Å². The summed E-state index contributed by atoms with van der Waals surface area (Å²) in [5.74, 6) is -0.119. The minimum absolute atomic E-state index is 0.119. The second-order valence-electron chi connectivity index (χ2n) is 11.3. The Morgan fingerprint density at radius 1 is 0.514 bits per heavy atom. The Bertz CT molecular complexity index is 464. The van der Waals surface area contributed by atoms with Crippen molar-refractivity contribution >= 4 is 14.3 Å². The van der Waals surface area contributed by atoms with Crippen molar-refractivity contribution < 1.29 is 9.22 Å². The first-order valence-corrected chi connectivity index (χ1v) is 18.4. The van der Waals surface area contributed by atoms with Crippen LogP contribution in [-0.2, 0) is 9.22 Å². The van der Waals surface area contributed by atoms with E-state index in [4.69, 9.17) is 4.43 Å². The molecule has 3 heteroatoms. The summed E-state index contributed by atoms with van der Waals surface area (Å²) in [6.45, 7) is 12.5. The summed E-state index contributed by atoms with van der Waals surface area (Å²) in [5, 5.41) is 0. The molecule has 0 amide bonds. The van der Waals surface area contributed by atoms with Gasteiger partial charge in [-0.05, 0) is 25.1 Å². The molecule has 35 heavy (non-hydrogen) atoms. The maximum atomic E-state index is 12.6. The molecule has 0 rings (SSSR count). The molecule has 0 spiro atoms. The van der Waals surface area contributed by atoms with Crippen molar-refractivity contribution in [3.63, 3.8) is 0 Å². The predicted molar refractivity (Wildman–Crippen MR) is 160 cm³/mol. The van der Waals surface area contributed by atoms with Crippen LogP contribution >= 0.6 is 0 Å². The van der Waals surface area contributed by atoms with Gasteiger partial charge in [0.25, 0.3) is 8.32 Å². The number of rotatable bonds is 27. The van der Waals surface area contributed by atoms with E-state index >= 15 is 0 Å². The highest BCUT2D eigenvalue weighted by atomic mass is 28.4. The average molecular weight is 509 g/mol. The molecule has 0 saturated heterocycles. The lowest BCUT2D eigenvalue weighted by molar-refractivity contribution is -0.131. The summed E-state index contributed by atoms with van der Waals surface area (Å²) in [4.78, 5) is 12.6. The minimum Gasteiger partial charge on any atom is -0.516 e. The molecule has 0 aromatic rings. The van der Waals surface area contributed by atoms with Crippen LogP contribution in [0.25, 0.3) is 0 Å². The molecular weight excluding hydrogens is 444 g/mol. The van der Waals surface area contributed by atoms with Crippen LogP contribution in [0.2, 0.25) is 18.1 Å². The minimum atomic E-state index is -2.03. The average Bonchev–Trinajstić information content (AvgIpc) is 2.85. The zero-order valence-electron chi connectivity index (χ0n) is 24.7. The van der Waals surface area contributed by atoms with Crippen LogP contribution in [-0.4, -0.2) is 14.3 Å². The lowest BCUT2D eigenvalue weighted by atomic mass is 10.1. The highest BCUT2D eigenvalue weighted by molar-refractivity contribution is 6.75. The van der Waals surface area contributed by atoms with Crippen LogP contribution in [0.3, 0.4) is 0 Å². The zero-order chi connectivity index (χ0) is 26.0. The Morgan fingerprint density at radius 2 is 0.800 bits per heavy atom. The molecule has 208 valence electrons. The maximum Gasteiger partial charge on any atom is 0.319 e. The van der Waals surface area contributed by atoms with Crippen LogP contribution in [0.1, 0.15) is 169 Å². The van der Waals surface area contributed by atoms with Crippen LogP contribution in [0.15, 0.2) is 12.2 Å². The lowest BCUT2D eigenvalue weighted by Gasteiger charge is -2.31. The molecule has 2 nitrogen and oxygen atoms in total. The third-order valence-electron chi connectivity index (χ3n) is 7.62. The van der Waals surface area contributed by atoms with Crippen LogP contribution < -0.4 is 0 Å². The number of hydrogen-bond acceptors (Lipinski definition) is 2. The Labute approximate surface area is 222 Å². The summed E-state index contributed by atoms with van der Waals surface area (Å²) in [7, 11) is -2.03. The van der Waals surface area contributed by atoms with Gasteiger partial charge in [0.1, 0.15) is 0 Å². The number of hydrogen-bond donors (Lipinski definition) is 0. The van der Waals surface area contributed by atoms with Crippen molar-refractivity contribution in [3.8, 4) is 0 Å². The Morgan fingerprint density at radius 3 is 1.11 bits per heavy atom. The van der Waals surface area contributed by atoms with E-state index in [1.165, 1.54) is 153 Å². The first-order valence-electron chi connectivity index (χ1n) is 15.9. The first kappa shape index (κ1) is 34.4. The van der Waals surface area contributed by atoms with Gasteiger partial charge in [0.05, 0.1) is 0 Å². The van der Waals surface area contributed by atoms with Gasteiger partial charge in [-0.1, -0.05) is 169 Å². The van der Waals surface area contributed by atoms with Gasteiger partial charge < -0.3 is 4.43 Å². The van der Waals surface area contributed by atoms with Gasteiger partial charge in [0.2, 0.25) is 0 Å². The van der Waals surface area contributed by atoms with E-state index in [0.717, 1.165) is 6.04 Å². The van der Waals surface area contributed by atoms with Crippen LogP contribution in [0.4, 0.5) is 0 Å². The van der Waals surface area contributed by atoms with E-state index in [0.29, 0.717) is 5.57 Å². The smallest absolute Gasteiger partial charge is 0.319 e. The number of carbonyl (C=O) groups excluding carboxylic acids is 1. The molecule has 0 radical (unpaired) electrons. The van der Waals surface area contributed by atoms with E-state index in [1.807, 2.05) is 6.92 Å². The summed E-state index contributed by atoms with van der Waals surface area (Å²) < 4.78 is 6.37. The monoisotopic (exact) mass is 508 g/mol. The van der Waals surface area contributed by atoms with Crippen molar-refractivity contribution in [1.29, 1.82) is 0 Å². The molecule has 0 aliphatic carbocycles. The van der Waals surface area contributed by atoms with Gasteiger partial charge in [-0.2, -0.15) is 0 Å². The summed E-state index contributed by atoms with van der Waals surface area (Å²) in [6, 6.07) is 3.48. The highest BCUT2D eigenvalue weighted by Gasteiger charge is 2.37. The Kier molecular flexibility index (Phi) is 24.7. The van der Waals surface area contributed by atoms with Crippen molar-refractivity contribution in [1.82, 2.24) is 0 Å². The topological polar surface area (TPSA) is 26.3 Å². The second-order valence-corrected chi connectivity index (χ2v) is 15.4. The summed E-state index contributed by atoms with van der Waals surface area (Å²) in [6.07, 6.45) is 29.6. The standard InChI is InChI=1S/C32H64O2Si/c1-6-9-12-14-16-18-20-22-24-26-29-35(28-11-8-3,34-32(33)31(4)5)30-27-25-23-21-19-17-15-13-10-7-2/h4,6-30H2,1-3,5H3. The fourth-order valence-electron chi connectivity index (χ4n) is 5.18. The Balaban J connectivity index is 4.46. The third-order valence-corrected chi connectivity index (χ3v) is 12.0.